The molecule has 0 atom stereocenters. The van der Waals surface area contributed by atoms with E-state index in [2.05, 4.69) is 21.4 Å². The number of carbonyl (C=O) groups excluding carboxylic acids is 1. The maximum absolute atomic E-state index is 12.4. The van der Waals surface area contributed by atoms with Crippen LogP contribution in [-0.2, 0) is 4.79 Å². The quantitative estimate of drug-likeness (QED) is 0.414. The van der Waals surface area contributed by atoms with Gasteiger partial charge in [-0.25, -0.2) is 9.97 Å². The van der Waals surface area contributed by atoms with Gasteiger partial charge < -0.3 is 10.1 Å². The van der Waals surface area contributed by atoms with E-state index in [1.807, 2.05) is 54.6 Å². The lowest BCUT2D eigenvalue weighted by molar-refractivity contribution is -0.118. The molecular weight excluding hydrogens is 416 g/mol. The number of nitrogens with one attached hydrogen (secondary N) is 1. The minimum absolute atomic E-state index is 0.181. The van der Waals surface area contributed by atoms with Crippen LogP contribution in [0.25, 0.3) is 20.7 Å². The van der Waals surface area contributed by atoms with Crippen molar-refractivity contribution in [3.63, 3.8) is 0 Å². The molecule has 2 aromatic carbocycles. The van der Waals surface area contributed by atoms with E-state index in [0.29, 0.717) is 17.3 Å². The van der Waals surface area contributed by atoms with Gasteiger partial charge in [-0.1, -0.05) is 42.5 Å². The van der Waals surface area contributed by atoms with Crippen molar-refractivity contribution >= 4 is 44.9 Å². The molecule has 148 valence electrons. The minimum atomic E-state index is -0.301. The Balaban J connectivity index is 1.47. The van der Waals surface area contributed by atoms with Gasteiger partial charge in [0.1, 0.15) is 11.2 Å². The number of ether oxygens (including phenoxy) is 1. The fourth-order valence-corrected chi connectivity index (χ4v) is 4.48. The fourth-order valence-electron chi connectivity index (χ4n) is 2.82. The summed E-state index contributed by atoms with van der Waals surface area (Å²) >= 11 is 2.92. The van der Waals surface area contributed by atoms with E-state index >= 15 is 0 Å². The summed E-state index contributed by atoms with van der Waals surface area (Å²) in [5.41, 5.74) is 1.75. The van der Waals surface area contributed by atoms with Gasteiger partial charge in [-0.3, -0.25) is 4.79 Å². The molecule has 4 rings (SSSR count). The van der Waals surface area contributed by atoms with Gasteiger partial charge in [0.2, 0.25) is 5.88 Å². The Morgan fingerprint density at radius 3 is 2.77 bits per heavy atom. The van der Waals surface area contributed by atoms with Crippen LogP contribution < -0.4 is 10.1 Å². The molecule has 8 heteroatoms. The zero-order valence-electron chi connectivity index (χ0n) is 15.7. The third-order valence-corrected chi connectivity index (χ3v) is 6.18. The summed E-state index contributed by atoms with van der Waals surface area (Å²) in [6, 6.07) is 21.4. The monoisotopic (exact) mass is 432 g/mol. The summed E-state index contributed by atoms with van der Waals surface area (Å²) in [5, 5.41) is 12.4. The molecule has 0 bridgehead atoms. The Kier molecular flexibility index (Phi) is 6.23. The Morgan fingerprint density at radius 1 is 1.13 bits per heavy atom. The van der Waals surface area contributed by atoms with Crippen molar-refractivity contribution in [1.82, 2.24) is 9.97 Å². The summed E-state index contributed by atoms with van der Waals surface area (Å²) < 4.78 is 5.71. The number of benzene rings is 2. The molecule has 0 aliphatic carbocycles. The van der Waals surface area contributed by atoms with Crippen LogP contribution in [0.5, 0.6) is 5.88 Å². The first-order valence-electron chi connectivity index (χ1n) is 9.06. The summed E-state index contributed by atoms with van der Waals surface area (Å²) in [5.74, 6) is 0.385. The molecule has 0 aliphatic rings. The maximum Gasteiger partial charge on any atom is 0.262 e. The largest absolute Gasteiger partial charge is 0.467 e. The standard InChI is InChI=1S/C22H16N4O2S2/c23-10-11-29-18-9-5-4-8-17(18)26-20(27)13-28-21-16-12-19(15-6-2-1-3-7-15)30-22(16)25-14-24-21/h1-9,12,14H,11,13H2,(H,26,27). The van der Waals surface area contributed by atoms with Crippen LogP contribution >= 0.6 is 23.1 Å². The molecule has 30 heavy (non-hydrogen) atoms. The molecule has 0 aliphatic heterocycles. The zero-order chi connectivity index (χ0) is 20.8. The zero-order valence-corrected chi connectivity index (χ0v) is 17.4. The molecule has 1 amide bonds. The van der Waals surface area contributed by atoms with Gasteiger partial charge in [0.05, 0.1) is 22.9 Å². The van der Waals surface area contributed by atoms with Gasteiger partial charge in [-0.2, -0.15) is 5.26 Å². The molecule has 0 fully saturated rings. The minimum Gasteiger partial charge on any atom is -0.467 e. The van der Waals surface area contributed by atoms with Crippen LogP contribution in [0, 0.1) is 11.3 Å². The highest BCUT2D eigenvalue weighted by atomic mass is 32.2. The lowest BCUT2D eigenvalue weighted by Crippen LogP contribution is -2.20. The second-order valence-corrected chi connectivity index (χ2v) is 8.20. The van der Waals surface area contributed by atoms with Gasteiger partial charge in [0.15, 0.2) is 6.61 Å². The molecular formula is C22H16N4O2S2. The molecule has 6 nitrogen and oxygen atoms in total. The number of thiophene rings is 1. The average molecular weight is 433 g/mol. The first-order chi connectivity index (χ1) is 14.7. The molecule has 0 spiro atoms. The number of hydrogen-bond donors (Lipinski definition) is 1. The molecule has 0 saturated carbocycles. The third-order valence-electron chi connectivity index (χ3n) is 4.14. The highest BCUT2D eigenvalue weighted by Crippen LogP contribution is 2.35. The summed E-state index contributed by atoms with van der Waals surface area (Å²) in [4.78, 5) is 23.6. The van der Waals surface area contributed by atoms with E-state index in [9.17, 15) is 4.79 Å². The van der Waals surface area contributed by atoms with E-state index in [0.717, 1.165) is 25.6 Å². The second kappa shape index (κ2) is 9.39. The highest BCUT2D eigenvalue weighted by Gasteiger charge is 2.13. The number of fused-ring (bicyclic) bond motifs is 1. The SMILES string of the molecule is N#CCSc1ccccc1NC(=O)COc1ncnc2sc(-c3ccccc3)cc12. The second-order valence-electron chi connectivity index (χ2n) is 6.15. The number of nitriles is 1. The number of rotatable bonds is 7. The van der Waals surface area contributed by atoms with Gasteiger partial charge in [0, 0.05) is 9.77 Å². The van der Waals surface area contributed by atoms with E-state index in [1.165, 1.54) is 18.1 Å². The van der Waals surface area contributed by atoms with Crippen molar-refractivity contribution in [2.24, 2.45) is 0 Å². The number of nitrogens with zero attached hydrogens (tertiary/aromatic N) is 3. The van der Waals surface area contributed by atoms with Crippen LogP contribution in [0.15, 0.2) is 71.9 Å². The number of anilines is 1. The first-order valence-corrected chi connectivity index (χ1v) is 10.9. The van der Waals surface area contributed by atoms with Crippen molar-refractivity contribution in [3.8, 4) is 22.4 Å². The number of para-hydroxylation sites is 1. The van der Waals surface area contributed by atoms with E-state index in [1.54, 1.807) is 17.4 Å². The number of carbonyl (C=O) groups is 1. The predicted molar refractivity (Wildman–Crippen MR) is 120 cm³/mol. The summed E-state index contributed by atoms with van der Waals surface area (Å²) in [6.45, 7) is -0.181. The van der Waals surface area contributed by atoms with E-state index in [4.69, 9.17) is 10.00 Å². The molecule has 2 heterocycles. The van der Waals surface area contributed by atoms with Gasteiger partial charge in [-0.15, -0.1) is 23.1 Å². The Labute approximate surface area is 181 Å². The molecule has 0 radical (unpaired) electrons. The molecule has 0 unspecified atom stereocenters. The molecule has 1 N–H and O–H groups in total. The van der Waals surface area contributed by atoms with Gasteiger partial charge in [-0.05, 0) is 23.8 Å². The third kappa shape index (κ3) is 4.59. The van der Waals surface area contributed by atoms with Crippen LogP contribution in [0.1, 0.15) is 0 Å². The fraction of sp³-hybridized carbons (Fsp3) is 0.0909. The topological polar surface area (TPSA) is 87.9 Å². The van der Waals surface area contributed by atoms with E-state index in [-0.39, 0.29) is 12.5 Å². The average Bonchev–Trinajstić information content (AvgIpc) is 3.23. The first kappa shape index (κ1) is 19.9. The van der Waals surface area contributed by atoms with Crippen molar-refractivity contribution < 1.29 is 9.53 Å². The van der Waals surface area contributed by atoms with Crippen LogP contribution in [0.2, 0.25) is 0 Å². The number of amides is 1. The number of thioether (sulfide) groups is 1. The maximum atomic E-state index is 12.4. The van der Waals surface area contributed by atoms with Crippen LogP contribution in [-0.4, -0.2) is 28.2 Å². The van der Waals surface area contributed by atoms with Crippen molar-refractivity contribution in [1.29, 1.82) is 5.26 Å². The van der Waals surface area contributed by atoms with Crippen molar-refractivity contribution in [3.05, 3.63) is 67.0 Å². The predicted octanol–water partition coefficient (Wildman–Crippen LogP) is 4.99. The smallest absolute Gasteiger partial charge is 0.262 e. The molecule has 4 aromatic rings. The Bertz CT molecular complexity index is 1220. The normalized spacial score (nSPS) is 10.5. The lowest BCUT2D eigenvalue weighted by atomic mass is 10.2. The number of aromatic nitrogens is 2. The lowest BCUT2D eigenvalue weighted by Gasteiger charge is -2.10. The van der Waals surface area contributed by atoms with Crippen LogP contribution in [0.4, 0.5) is 5.69 Å². The number of hydrogen-bond acceptors (Lipinski definition) is 7. The van der Waals surface area contributed by atoms with E-state index < -0.39 is 0 Å². The Morgan fingerprint density at radius 2 is 1.93 bits per heavy atom. The molecule has 2 aromatic heterocycles. The van der Waals surface area contributed by atoms with Gasteiger partial charge in [0.25, 0.3) is 5.91 Å². The summed E-state index contributed by atoms with van der Waals surface area (Å²) in [6.07, 6.45) is 1.44. The molecule has 0 saturated heterocycles. The van der Waals surface area contributed by atoms with Crippen LogP contribution in [0.3, 0.4) is 0 Å². The van der Waals surface area contributed by atoms with Gasteiger partial charge >= 0.3 is 0 Å². The van der Waals surface area contributed by atoms with Crippen molar-refractivity contribution in [2.75, 3.05) is 17.7 Å². The summed E-state index contributed by atoms with van der Waals surface area (Å²) in [7, 11) is 0. The van der Waals surface area contributed by atoms with Crippen molar-refractivity contribution in [2.45, 2.75) is 4.90 Å². The highest BCUT2D eigenvalue weighted by molar-refractivity contribution is 7.99. The Hall–Kier alpha value is -3.41.